The van der Waals surface area contributed by atoms with Crippen molar-refractivity contribution < 1.29 is 8.83 Å². The van der Waals surface area contributed by atoms with Crippen molar-refractivity contribution in [3.8, 4) is 135 Å². The average Bonchev–Trinajstić information content (AvgIpc) is 1.55. The summed E-state index contributed by atoms with van der Waals surface area (Å²) in [6, 6.07) is 143. The quantitative estimate of drug-likeness (QED) is 0.109. The lowest BCUT2D eigenvalue weighted by Crippen LogP contribution is -2.00. The second kappa shape index (κ2) is 29.9. The van der Waals surface area contributed by atoms with Crippen molar-refractivity contribution in [1.82, 2.24) is 39.9 Å². The molecule has 0 saturated carbocycles. The number of para-hydroxylation sites is 5. The van der Waals surface area contributed by atoms with Crippen LogP contribution < -0.4 is 0 Å². The van der Waals surface area contributed by atoms with Crippen molar-refractivity contribution in [2.24, 2.45) is 0 Å². The molecule has 0 aliphatic carbocycles. The molecule has 0 aliphatic heterocycles. The molecule has 6 aromatic heterocycles. The van der Waals surface area contributed by atoms with Crippen molar-refractivity contribution in [3.63, 3.8) is 0 Å². The fourth-order valence-electron chi connectivity index (χ4n) is 17.6. The fraction of sp³-hybridized carbons (Fsp3) is 0. The van der Waals surface area contributed by atoms with Gasteiger partial charge in [0.1, 0.15) is 22.3 Å². The van der Waals surface area contributed by atoms with E-state index in [1.807, 2.05) is 146 Å². The molecule has 24 aromatic rings. The van der Waals surface area contributed by atoms with Crippen LogP contribution in [0, 0.1) is 0 Å². The Kier molecular flexibility index (Phi) is 17.3. The van der Waals surface area contributed by atoms with Crippen LogP contribution in [0.25, 0.3) is 244 Å². The van der Waals surface area contributed by atoms with Gasteiger partial charge in [-0.3, -0.25) is 0 Å². The summed E-state index contributed by atoms with van der Waals surface area (Å²) in [7, 11) is 0. The van der Waals surface area contributed by atoms with Crippen molar-refractivity contribution in [1.29, 1.82) is 0 Å². The normalized spacial score (nSPS) is 11.6. The first kappa shape index (κ1) is 70.8. The highest BCUT2D eigenvalue weighted by Gasteiger charge is 2.24. The van der Waals surface area contributed by atoms with Crippen molar-refractivity contribution in [2.75, 3.05) is 0 Å². The standard InChI is InChI=1S/2C56H34N4O/c1-3-14-39(15-4-1)54-58-55(40-16-5-2-6-17-40)60-56(59-54)41-31-27-36(28-32-41)35-25-29-38(30-26-35)52-47-34-33-37-13-7-8-18-42(37)50(47)46-22-11-21-44(53(46)57-52)43-20-12-24-49-51(43)45-19-9-10-23-48(45)61-49;1-3-14-39(15-4-1)54-58-55(40-16-5-2-6-17-40)60-56(59-54)41-31-27-36(28-32-41)35-25-29-38(30-26-35)51-48-34-33-37-13-7-8-18-42(37)50(48)47-23-11-20-44(52(47)57-51)46-22-12-21-45-43-19-9-10-24-49(43)61-53(45)46/h2*1-34H. The second-order valence-corrected chi connectivity index (χ2v) is 30.7. The van der Waals surface area contributed by atoms with Gasteiger partial charge in [-0.15, -0.1) is 0 Å². The molecule has 122 heavy (non-hydrogen) atoms. The van der Waals surface area contributed by atoms with Gasteiger partial charge in [-0.1, -0.05) is 394 Å². The predicted octanol–water partition coefficient (Wildman–Crippen LogP) is 29.3. The highest BCUT2D eigenvalue weighted by molar-refractivity contribution is 6.27. The van der Waals surface area contributed by atoms with Crippen LogP contribution in [-0.2, 0) is 0 Å². The number of pyridine rings is 2. The minimum Gasteiger partial charge on any atom is -0.456 e. The first-order chi connectivity index (χ1) is 60.5. The number of furan rings is 2. The highest BCUT2D eigenvalue weighted by Crippen LogP contribution is 2.47. The van der Waals surface area contributed by atoms with Gasteiger partial charge in [-0.2, -0.15) is 0 Å². The monoisotopic (exact) mass is 1560 g/mol. The maximum absolute atomic E-state index is 6.56. The summed E-state index contributed by atoms with van der Waals surface area (Å²) in [6.07, 6.45) is 0. The molecule has 18 aromatic carbocycles. The first-order valence-electron chi connectivity index (χ1n) is 40.9. The zero-order valence-corrected chi connectivity index (χ0v) is 65.7. The summed E-state index contributed by atoms with van der Waals surface area (Å²) >= 11 is 0. The molecule has 0 unspecified atom stereocenters. The molecular formula is C112H68N8O2. The molecular weight excluding hydrogens is 1490 g/mol. The lowest BCUT2D eigenvalue weighted by molar-refractivity contribution is 0.669. The number of aromatic nitrogens is 8. The highest BCUT2D eigenvalue weighted by atomic mass is 16.3. The Bertz CT molecular complexity index is 8090. The Morgan fingerprint density at radius 1 is 0.148 bits per heavy atom. The van der Waals surface area contributed by atoms with Crippen molar-refractivity contribution in [3.05, 3.63) is 413 Å². The third-order valence-electron chi connectivity index (χ3n) is 23.5. The van der Waals surface area contributed by atoms with Gasteiger partial charge in [-0.05, 0) is 67.6 Å². The summed E-state index contributed by atoms with van der Waals surface area (Å²) < 4.78 is 12.9. The zero-order valence-electron chi connectivity index (χ0n) is 65.7. The molecule has 568 valence electrons. The van der Waals surface area contributed by atoms with Crippen LogP contribution in [0.1, 0.15) is 0 Å². The van der Waals surface area contributed by atoms with E-state index in [2.05, 4.69) is 267 Å². The Morgan fingerprint density at radius 2 is 0.443 bits per heavy atom. The van der Waals surface area contributed by atoms with Crippen LogP contribution in [0.2, 0.25) is 0 Å². The van der Waals surface area contributed by atoms with Gasteiger partial charge in [0.05, 0.1) is 22.4 Å². The first-order valence-corrected chi connectivity index (χ1v) is 40.9. The summed E-state index contributed by atoms with van der Waals surface area (Å²) in [5, 5.41) is 16.1. The van der Waals surface area contributed by atoms with E-state index in [1.54, 1.807) is 0 Å². The number of hydrogen-bond acceptors (Lipinski definition) is 10. The minimum atomic E-state index is 0.632. The summed E-state index contributed by atoms with van der Waals surface area (Å²) in [4.78, 5) is 40.6. The van der Waals surface area contributed by atoms with Crippen LogP contribution in [0.3, 0.4) is 0 Å². The molecule has 0 aliphatic rings. The van der Waals surface area contributed by atoms with Gasteiger partial charge in [0, 0.05) is 115 Å². The van der Waals surface area contributed by atoms with Gasteiger partial charge in [0.15, 0.2) is 34.9 Å². The number of nitrogens with zero attached hydrogens (tertiary/aromatic N) is 8. The molecule has 6 heterocycles. The van der Waals surface area contributed by atoms with E-state index >= 15 is 0 Å². The number of benzene rings is 18. The largest absolute Gasteiger partial charge is 0.456 e. The third-order valence-corrected chi connectivity index (χ3v) is 23.5. The summed E-state index contributed by atoms with van der Waals surface area (Å²) in [6.45, 7) is 0. The van der Waals surface area contributed by atoms with E-state index in [1.165, 1.54) is 32.3 Å². The van der Waals surface area contributed by atoms with Crippen LogP contribution in [0.15, 0.2) is 421 Å². The lowest BCUT2D eigenvalue weighted by Gasteiger charge is -2.16. The second-order valence-electron chi connectivity index (χ2n) is 30.7. The molecule has 10 heteroatoms. The zero-order chi connectivity index (χ0) is 80.6. The average molecular weight is 1560 g/mol. The summed E-state index contributed by atoms with van der Waals surface area (Å²) in [5.74, 6) is 3.84. The molecule has 0 saturated heterocycles. The predicted molar refractivity (Wildman–Crippen MR) is 500 cm³/mol. The van der Waals surface area contributed by atoms with E-state index in [4.69, 9.17) is 48.7 Å². The third kappa shape index (κ3) is 12.6. The molecule has 0 spiro atoms. The Labute approximate surface area is 700 Å². The van der Waals surface area contributed by atoms with Gasteiger partial charge in [0.2, 0.25) is 0 Å². The summed E-state index contributed by atoms with van der Waals surface area (Å²) in [5.41, 5.74) is 23.7. The Hall–Kier alpha value is -16.6. The van der Waals surface area contributed by atoms with Gasteiger partial charge >= 0.3 is 0 Å². The van der Waals surface area contributed by atoms with E-state index in [9.17, 15) is 0 Å². The molecule has 0 atom stereocenters. The maximum atomic E-state index is 6.56. The van der Waals surface area contributed by atoms with Crippen molar-refractivity contribution in [2.45, 2.75) is 0 Å². The van der Waals surface area contributed by atoms with Crippen LogP contribution in [-0.4, -0.2) is 39.9 Å². The molecule has 10 nitrogen and oxygen atoms in total. The molecule has 0 radical (unpaired) electrons. The molecule has 0 N–H and O–H groups in total. The Morgan fingerprint density at radius 3 is 0.869 bits per heavy atom. The lowest BCUT2D eigenvalue weighted by atomic mass is 9.91. The fourth-order valence-corrected chi connectivity index (χ4v) is 17.6. The topological polar surface area (TPSA) is 129 Å². The van der Waals surface area contributed by atoms with Crippen LogP contribution in [0.5, 0.6) is 0 Å². The SMILES string of the molecule is c1ccc(-c2nc(-c3ccccc3)nc(-c3ccc(-c4ccc(-c5nc6c(-c7cccc8c7oc7ccccc78)cccc6c6c5ccc5ccccc56)cc4)cc3)n2)cc1.c1ccc(-c2nc(-c3ccccc3)nc(-c3ccc(-c4ccc(-c5nc6c(-c7cccc8oc9ccccc9c78)cccc6c6c5ccc5ccccc56)cc4)cc3)n2)cc1. The minimum absolute atomic E-state index is 0.632. The van der Waals surface area contributed by atoms with Crippen molar-refractivity contribution >= 4 is 109 Å². The molecule has 24 rings (SSSR count). The Balaban J connectivity index is 0.000000142. The van der Waals surface area contributed by atoms with E-state index in [0.29, 0.717) is 34.9 Å². The number of fused-ring (bicyclic) bond motifs is 16. The van der Waals surface area contributed by atoms with Gasteiger partial charge < -0.3 is 8.83 Å². The maximum Gasteiger partial charge on any atom is 0.164 e. The molecule has 0 bridgehead atoms. The van der Waals surface area contributed by atoms with Crippen LogP contribution >= 0.6 is 0 Å². The number of hydrogen-bond donors (Lipinski definition) is 0. The molecule has 0 fully saturated rings. The van der Waals surface area contributed by atoms with Gasteiger partial charge in [0.25, 0.3) is 0 Å². The van der Waals surface area contributed by atoms with E-state index in [-0.39, 0.29) is 0 Å². The van der Waals surface area contributed by atoms with Gasteiger partial charge in [-0.25, -0.2) is 39.9 Å². The molecule has 0 amide bonds. The van der Waals surface area contributed by atoms with E-state index in [0.717, 1.165) is 177 Å². The smallest absolute Gasteiger partial charge is 0.164 e. The van der Waals surface area contributed by atoms with Crippen LogP contribution in [0.4, 0.5) is 0 Å². The number of rotatable bonds is 12. The van der Waals surface area contributed by atoms with E-state index < -0.39 is 0 Å².